The minimum Gasteiger partial charge on any atom is -0.496 e. The largest absolute Gasteiger partial charge is 0.496 e. The second-order valence-electron chi connectivity index (χ2n) is 9.21. The molecule has 6 heteroatoms. The topological polar surface area (TPSA) is 63.9 Å². The van der Waals surface area contributed by atoms with E-state index in [-0.39, 0.29) is 5.91 Å². The molecule has 3 aromatic carbocycles. The molecule has 1 N–H and O–H groups in total. The van der Waals surface area contributed by atoms with Crippen LogP contribution in [-0.4, -0.2) is 57.3 Å². The van der Waals surface area contributed by atoms with Gasteiger partial charge in [-0.1, -0.05) is 42.5 Å². The number of hydrogen-bond donors (Lipinski definition) is 1. The van der Waals surface area contributed by atoms with Gasteiger partial charge in [-0.25, -0.2) is 0 Å². The summed E-state index contributed by atoms with van der Waals surface area (Å²) < 4.78 is 17.2. The molecule has 1 aromatic heterocycles. The lowest BCUT2D eigenvalue weighted by Crippen LogP contribution is -2.41. The maximum absolute atomic E-state index is 12.7. The van der Waals surface area contributed by atoms with Gasteiger partial charge in [-0.05, 0) is 41.8 Å². The zero-order valence-electron chi connectivity index (χ0n) is 21.1. The van der Waals surface area contributed by atoms with Crippen molar-refractivity contribution < 1.29 is 18.7 Å². The van der Waals surface area contributed by atoms with Crippen LogP contribution < -0.4 is 10.1 Å². The highest BCUT2D eigenvalue weighted by Crippen LogP contribution is 2.42. The highest BCUT2D eigenvalue weighted by Gasteiger charge is 2.19. The summed E-state index contributed by atoms with van der Waals surface area (Å²) in [5.74, 6) is 0.609. The van der Waals surface area contributed by atoms with E-state index >= 15 is 0 Å². The average molecular weight is 485 g/mol. The number of morpholine rings is 1. The number of hydrogen-bond acceptors (Lipinski definition) is 5. The SMILES string of the molecule is COc1c(/C(C)=C/C(=O)NCCN2CCOCC2)cc2c(-c3cccc4ccccc34)coc2c1C. The van der Waals surface area contributed by atoms with Crippen molar-refractivity contribution in [3.63, 3.8) is 0 Å². The van der Waals surface area contributed by atoms with Crippen molar-refractivity contribution in [2.24, 2.45) is 0 Å². The fourth-order valence-electron chi connectivity index (χ4n) is 5.03. The van der Waals surface area contributed by atoms with Crippen LogP contribution in [0.3, 0.4) is 0 Å². The Hall–Kier alpha value is -3.61. The second kappa shape index (κ2) is 10.6. The number of carbonyl (C=O) groups excluding carboxylic acids is 1. The van der Waals surface area contributed by atoms with E-state index in [2.05, 4.69) is 52.7 Å². The van der Waals surface area contributed by atoms with E-state index < -0.39 is 0 Å². The van der Waals surface area contributed by atoms with Crippen LogP contribution in [-0.2, 0) is 9.53 Å². The van der Waals surface area contributed by atoms with E-state index in [0.29, 0.717) is 6.54 Å². The summed E-state index contributed by atoms with van der Waals surface area (Å²) in [6, 6.07) is 16.7. The molecule has 36 heavy (non-hydrogen) atoms. The first kappa shape index (κ1) is 24.1. The predicted molar refractivity (Wildman–Crippen MR) is 144 cm³/mol. The van der Waals surface area contributed by atoms with Gasteiger partial charge in [-0.15, -0.1) is 0 Å². The zero-order valence-corrected chi connectivity index (χ0v) is 21.1. The predicted octanol–water partition coefficient (Wildman–Crippen LogP) is 5.42. The average Bonchev–Trinajstić information content (AvgIpc) is 3.33. The molecule has 0 aliphatic carbocycles. The standard InChI is InChI=1S/C30H32N2O4/c1-20(17-28(33)31-11-12-32-13-15-35-16-14-32)25-18-26-27(19-36-30(26)21(2)29(25)34-3)24-10-6-8-22-7-4-5-9-23(22)24/h4-10,17-19H,11-16H2,1-3H3,(H,31,33)/b20-17+. The molecule has 6 nitrogen and oxygen atoms in total. The van der Waals surface area contributed by atoms with E-state index in [1.54, 1.807) is 13.2 Å². The summed E-state index contributed by atoms with van der Waals surface area (Å²) in [4.78, 5) is 15.0. The number of fused-ring (bicyclic) bond motifs is 2. The van der Waals surface area contributed by atoms with Gasteiger partial charge in [0.15, 0.2) is 0 Å². The van der Waals surface area contributed by atoms with Crippen molar-refractivity contribution in [1.82, 2.24) is 10.2 Å². The second-order valence-corrected chi connectivity index (χ2v) is 9.21. The normalized spacial score (nSPS) is 14.9. The highest BCUT2D eigenvalue weighted by molar-refractivity contribution is 6.07. The summed E-state index contributed by atoms with van der Waals surface area (Å²) in [7, 11) is 1.65. The number of benzene rings is 3. The number of furan rings is 1. The van der Waals surface area contributed by atoms with Crippen molar-refractivity contribution in [3.05, 3.63) is 72.0 Å². The molecule has 5 rings (SSSR count). The van der Waals surface area contributed by atoms with Crippen LogP contribution in [0.5, 0.6) is 5.75 Å². The van der Waals surface area contributed by atoms with Crippen LogP contribution >= 0.6 is 0 Å². The Kier molecular flexibility index (Phi) is 7.07. The van der Waals surface area contributed by atoms with Crippen LogP contribution in [0, 0.1) is 6.92 Å². The van der Waals surface area contributed by atoms with Crippen LogP contribution in [0.15, 0.2) is 65.3 Å². The third kappa shape index (κ3) is 4.74. The highest BCUT2D eigenvalue weighted by atomic mass is 16.5. The van der Waals surface area contributed by atoms with E-state index in [1.807, 2.05) is 26.2 Å². The third-order valence-corrected chi connectivity index (χ3v) is 6.93. The van der Waals surface area contributed by atoms with Gasteiger partial charge in [-0.3, -0.25) is 9.69 Å². The van der Waals surface area contributed by atoms with E-state index in [9.17, 15) is 4.79 Å². The minimum absolute atomic E-state index is 0.109. The van der Waals surface area contributed by atoms with Gasteiger partial charge in [0.1, 0.15) is 11.3 Å². The quantitative estimate of drug-likeness (QED) is 0.355. The molecule has 4 aromatic rings. The molecule has 1 fully saturated rings. The van der Waals surface area contributed by atoms with Gasteiger partial charge >= 0.3 is 0 Å². The van der Waals surface area contributed by atoms with Crippen LogP contribution in [0.1, 0.15) is 18.1 Å². The van der Waals surface area contributed by atoms with E-state index in [1.165, 1.54) is 10.8 Å². The Morgan fingerprint density at radius 2 is 1.86 bits per heavy atom. The summed E-state index contributed by atoms with van der Waals surface area (Å²) >= 11 is 0. The number of ether oxygens (including phenoxy) is 2. The Morgan fingerprint density at radius 1 is 1.08 bits per heavy atom. The summed E-state index contributed by atoms with van der Waals surface area (Å²) in [6.45, 7) is 8.69. The molecule has 2 heterocycles. The van der Waals surface area contributed by atoms with Gasteiger partial charge in [0.05, 0.1) is 26.6 Å². The molecule has 0 radical (unpaired) electrons. The molecule has 1 aliphatic rings. The Balaban J connectivity index is 1.47. The maximum Gasteiger partial charge on any atom is 0.244 e. The van der Waals surface area contributed by atoms with Gasteiger partial charge in [-0.2, -0.15) is 0 Å². The monoisotopic (exact) mass is 484 g/mol. The van der Waals surface area contributed by atoms with Crippen molar-refractivity contribution in [3.8, 4) is 16.9 Å². The number of methoxy groups -OCH3 is 1. The van der Waals surface area contributed by atoms with Crippen LogP contribution in [0.25, 0.3) is 38.4 Å². The number of carbonyl (C=O) groups is 1. The first-order valence-electron chi connectivity index (χ1n) is 12.4. The molecule has 1 aliphatic heterocycles. The van der Waals surface area contributed by atoms with Crippen LogP contribution in [0.4, 0.5) is 0 Å². The lowest BCUT2D eigenvalue weighted by atomic mass is 9.94. The number of allylic oxidation sites excluding steroid dienone is 1. The lowest BCUT2D eigenvalue weighted by molar-refractivity contribution is -0.116. The van der Waals surface area contributed by atoms with E-state index in [0.717, 1.165) is 77.4 Å². The molecular weight excluding hydrogens is 452 g/mol. The molecule has 186 valence electrons. The first-order chi connectivity index (χ1) is 17.6. The van der Waals surface area contributed by atoms with Gasteiger partial charge in [0, 0.05) is 54.3 Å². The maximum atomic E-state index is 12.7. The van der Waals surface area contributed by atoms with Crippen molar-refractivity contribution in [2.45, 2.75) is 13.8 Å². The summed E-state index contributed by atoms with van der Waals surface area (Å²) in [5.41, 5.74) is 5.57. The van der Waals surface area contributed by atoms with Crippen molar-refractivity contribution >= 4 is 33.2 Å². The molecule has 1 saturated heterocycles. The fourth-order valence-corrected chi connectivity index (χ4v) is 5.03. The first-order valence-corrected chi connectivity index (χ1v) is 12.4. The lowest BCUT2D eigenvalue weighted by Gasteiger charge is -2.26. The van der Waals surface area contributed by atoms with Gasteiger partial charge in [0.25, 0.3) is 0 Å². The number of nitrogens with zero attached hydrogens (tertiary/aromatic N) is 1. The van der Waals surface area contributed by atoms with Gasteiger partial charge in [0.2, 0.25) is 5.91 Å². The van der Waals surface area contributed by atoms with Gasteiger partial charge < -0.3 is 19.2 Å². The molecular formula is C30H32N2O4. The van der Waals surface area contributed by atoms with Crippen LogP contribution in [0.2, 0.25) is 0 Å². The molecule has 0 unspecified atom stereocenters. The molecule has 0 bridgehead atoms. The molecule has 1 amide bonds. The summed E-state index contributed by atoms with van der Waals surface area (Å²) in [6.07, 6.45) is 3.47. The number of rotatable bonds is 7. The third-order valence-electron chi connectivity index (χ3n) is 6.93. The smallest absolute Gasteiger partial charge is 0.244 e. The molecule has 0 saturated carbocycles. The number of amides is 1. The number of nitrogens with one attached hydrogen (secondary N) is 1. The molecule has 0 atom stereocenters. The van der Waals surface area contributed by atoms with E-state index in [4.69, 9.17) is 13.9 Å². The minimum atomic E-state index is -0.109. The Labute approximate surface area is 211 Å². The fraction of sp³-hybridized carbons (Fsp3) is 0.300. The zero-order chi connectivity index (χ0) is 25.1. The Bertz CT molecular complexity index is 1420. The van der Waals surface area contributed by atoms with Crippen molar-refractivity contribution in [2.75, 3.05) is 46.5 Å². The summed E-state index contributed by atoms with van der Waals surface area (Å²) in [5, 5.41) is 6.37. The van der Waals surface area contributed by atoms with Crippen molar-refractivity contribution in [1.29, 1.82) is 0 Å². The molecule has 0 spiro atoms. The Morgan fingerprint density at radius 3 is 2.67 bits per heavy atom. The number of aryl methyl sites for hydroxylation is 1.